The maximum Gasteiger partial charge on any atom is 0.356 e. The van der Waals surface area contributed by atoms with Crippen LogP contribution >= 0.6 is 0 Å². The summed E-state index contributed by atoms with van der Waals surface area (Å²) in [6, 6.07) is 11.7. The van der Waals surface area contributed by atoms with Gasteiger partial charge in [-0.2, -0.15) is 5.26 Å². The lowest BCUT2D eigenvalue weighted by Gasteiger charge is -2.04. The molecule has 2 aromatic rings. The lowest BCUT2D eigenvalue weighted by molar-refractivity contribution is 0.0689. The first-order valence-electron chi connectivity index (χ1n) is 5.03. The molecule has 0 aliphatic carbocycles. The summed E-state index contributed by atoms with van der Waals surface area (Å²) in [5, 5.41) is 27.5. The molecule has 0 atom stereocenters. The first-order valence-corrected chi connectivity index (χ1v) is 5.03. The van der Waals surface area contributed by atoms with Gasteiger partial charge in [0.05, 0.1) is 11.6 Å². The van der Waals surface area contributed by atoms with Crippen molar-refractivity contribution in [3.8, 4) is 6.07 Å². The number of nitriles is 1. The van der Waals surface area contributed by atoms with Gasteiger partial charge in [0.2, 0.25) is 0 Å². The first-order chi connectivity index (χ1) is 8.69. The molecule has 1 heterocycles. The van der Waals surface area contributed by atoms with Crippen molar-refractivity contribution in [1.29, 1.82) is 5.26 Å². The molecule has 0 fully saturated rings. The second-order valence-electron chi connectivity index (χ2n) is 3.42. The fraction of sp³-hybridized carbons (Fsp3) is 0. The Morgan fingerprint density at radius 2 is 1.89 bits per heavy atom. The minimum atomic E-state index is -1.12. The van der Waals surface area contributed by atoms with Crippen LogP contribution in [0.1, 0.15) is 16.1 Å². The topological polar surface area (TPSA) is 98.9 Å². The van der Waals surface area contributed by atoms with E-state index in [9.17, 15) is 4.79 Å². The largest absolute Gasteiger partial charge is 0.476 e. The summed E-state index contributed by atoms with van der Waals surface area (Å²) >= 11 is 0. The van der Waals surface area contributed by atoms with Crippen LogP contribution in [0.25, 0.3) is 0 Å². The van der Waals surface area contributed by atoms with E-state index in [1.807, 2.05) is 6.07 Å². The van der Waals surface area contributed by atoms with Crippen molar-refractivity contribution >= 4 is 17.5 Å². The number of nitrogens with zero attached hydrogens (tertiary/aromatic N) is 3. The molecule has 0 saturated carbocycles. The Bertz CT molecular complexity index is 599. The number of carbonyl (C=O) groups is 1. The van der Waals surface area contributed by atoms with Crippen molar-refractivity contribution in [1.82, 2.24) is 10.2 Å². The molecule has 0 saturated heterocycles. The van der Waals surface area contributed by atoms with Gasteiger partial charge in [-0.25, -0.2) is 4.79 Å². The highest BCUT2D eigenvalue weighted by molar-refractivity contribution is 5.85. The van der Waals surface area contributed by atoms with Gasteiger partial charge in [0, 0.05) is 5.69 Å². The minimum Gasteiger partial charge on any atom is -0.476 e. The highest BCUT2D eigenvalue weighted by atomic mass is 16.4. The van der Waals surface area contributed by atoms with Crippen LogP contribution in [-0.2, 0) is 0 Å². The molecule has 6 heteroatoms. The van der Waals surface area contributed by atoms with E-state index in [4.69, 9.17) is 10.4 Å². The SMILES string of the molecule is N#Cc1ccc(Nc2ccc(C(=O)O)nn2)cc1. The van der Waals surface area contributed by atoms with Crippen LogP contribution in [0, 0.1) is 11.3 Å². The number of hydrogen-bond acceptors (Lipinski definition) is 5. The standard InChI is InChI=1S/C12H8N4O2/c13-7-8-1-3-9(4-2-8)14-11-6-5-10(12(17)18)15-16-11/h1-6H,(H,14,16)(H,17,18). The molecule has 0 radical (unpaired) electrons. The number of anilines is 2. The number of aromatic nitrogens is 2. The molecule has 1 aromatic carbocycles. The van der Waals surface area contributed by atoms with Crippen molar-refractivity contribution in [2.75, 3.05) is 5.32 Å². The second kappa shape index (κ2) is 4.93. The zero-order valence-electron chi connectivity index (χ0n) is 9.16. The van der Waals surface area contributed by atoms with E-state index in [1.54, 1.807) is 24.3 Å². The summed E-state index contributed by atoms with van der Waals surface area (Å²) in [5.74, 6) is -0.683. The third kappa shape index (κ3) is 2.59. The summed E-state index contributed by atoms with van der Waals surface area (Å²) < 4.78 is 0. The van der Waals surface area contributed by atoms with E-state index in [0.717, 1.165) is 5.69 Å². The van der Waals surface area contributed by atoms with Crippen molar-refractivity contribution in [2.24, 2.45) is 0 Å². The molecule has 88 valence electrons. The number of nitrogens with one attached hydrogen (secondary N) is 1. The molecule has 0 amide bonds. The molecule has 18 heavy (non-hydrogen) atoms. The Balaban J connectivity index is 2.13. The van der Waals surface area contributed by atoms with Crippen molar-refractivity contribution < 1.29 is 9.90 Å². The molecule has 2 rings (SSSR count). The Labute approximate surface area is 103 Å². The molecule has 0 bridgehead atoms. The van der Waals surface area contributed by atoms with Crippen LogP contribution < -0.4 is 5.32 Å². The van der Waals surface area contributed by atoms with Gasteiger partial charge in [0.15, 0.2) is 11.5 Å². The number of rotatable bonds is 3. The van der Waals surface area contributed by atoms with Gasteiger partial charge < -0.3 is 10.4 Å². The zero-order valence-corrected chi connectivity index (χ0v) is 9.16. The van der Waals surface area contributed by atoms with Crippen LogP contribution in [0.2, 0.25) is 0 Å². The van der Waals surface area contributed by atoms with Crippen molar-refractivity contribution in [3.63, 3.8) is 0 Å². The van der Waals surface area contributed by atoms with Crippen molar-refractivity contribution in [2.45, 2.75) is 0 Å². The predicted octanol–water partition coefficient (Wildman–Crippen LogP) is 1.79. The maximum absolute atomic E-state index is 10.6. The molecule has 0 spiro atoms. The van der Waals surface area contributed by atoms with Crippen LogP contribution in [0.4, 0.5) is 11.5 Å². The molecular formula is C12H8N4O2. The molecule has 6 nitrogen and oxygen atoms in total. The number of carboxylic acid groups (broad SMARTS) is 1. The van der Waals surface area contributed by atoms with E-state index in [-0.39, 0.29) is 5.69 Å². The monoisotopic (exact) mass is 240 g/mol. The summed E-state index contributed by atoms with van der Waals surface area (Å²) in [6.45, 7) is 0. The van der Waals surface area contributed by atoms with Gasteiger partial charge in [-0.15, -0.1) is 10.2 Å². The zero-order chi connectivity index (χ0) is 13.0. The Morgan fingerprint density at radius 1 is 1.17 bits per heavy atom. The molecule has 0 unspecified atom stereocenters. The third-order valence-electron chi connectivity index (χ3n) is 2.17. The maximum atomic E-state index is 10.6. The molecule has 0 aliphatic heterocycles. The van der Waals surface area contributed by atoms with Crippen molar-refractivity contribution in [3.05, 3.63) is 47.7 Å². The average molecular weight is 240 g/mol. The molecule has 0 aliphatic rings. The summed E-state index contributed by atoms with van der Waals surface area (Å²) in [4.78, 5) is 10.6. The van der Waals surface area contributed by atoms with Gasteiger partial charge in [0.1, 0.15) is 0 Å². The summed E-state index contributed by atoms with van der Waals surface area (Å²) in [6.07, 6.45) is 0. The lowest BCUT2D eigenvalue weighted by Crippen LogP contribution is -2.03. The highest BCUT2D eigenvalue weighted by Crippen LogP contribution is 2.14. The minimum absolute atomic E-state index is 0.111. The van der Waals surface area contributed by atoms with Gasteiger partial charge in [0.25, 0.3) is 0 Å². The molecule has 1 aromatic heterocycles. The van der Waals surface area contributed by atoms with Gasteiger partial charge >= 0.3 is 5.97 Å². The number of hydrogen-bond donors (Lipinski definition) is 2. The highest BCUT2D eigenvalue weighted by Gasteiger charge is 2.04. The molecule has 2 N–H and O–H groups in total. The van der Waals surface area contributed by atoms with E-state index in [1.165, 1.54) is 12.1 Å². The summed E-state index contributed by atoms with van der Waals surface area (Å²) in [5.41, 5.74) is 1.19. The molecular weight excluding hydrogens is 232 g/mol. The van der Waals surface area contributed by atoms with E-state index in [0.29, 0.717) is 11.4 Å². The Morgan fingerprint density at radius 3 is 2.39 bits per heavy atom. The number of aromatic carboxylic acids is 1. The van der Waals surface area contributed by atoms with Gasteiger partial charge in [-0.1, -0.05) is 0 Å². The first kappa shape index (κ1) is 11.5. The normalized spacial score (nSPS) is 9.50. The third-order valence-corrected chi connectivity index (χ3v) is 2.17. The van der Waals surface area contributed by atoms with Crippen LogP contribution in [0.5, 0.6) is 0 Å². The average Bonchev–Trinajstić information content (AvgIpc) is 2.40. The van der Waals surface area contributed by atoms with Crippen LogP contribution in [0.3, 0.4) is 0 Å². The fourth-order valence-corrected chi connectivity index (χ4v) is 1.29. The fourth-order valence-electron chi connectivity index (χ4n) is 1.29. The lowest BCUT2D eigenvalue weighted by atomic mass is 10.2. The van der Waals surface area contributed by atoms with Crippen LogP contribution in [0.15, 0.2) is 36.4 Å². The second-order valence-corrected chi connectivity index (χ2v) is 3.42. The number of benzene rings is 1. The smallest absolute Gasteiger partial charge is 0.356 e. The predicted molar refractivity (Wildman–Crippen MR) is 63.4 cm³/mol. The van der Waals surface area contributed by atoms with Gasteiger partial charge in [-0.05, 0) is 36.4 Å². The summed E-state index contributed by atoms with van der Waals surface area (Å²) in [7, 11) is 0. The Hall–Kier alpha value is -2.94. The van der Waals surface area contributed by atoms with E-state index in [2.05, 4.69) is 15.5 Å². The van der Waals surface area contributed by atoms with E-state index >= 15 is 0 Å². The van der Waals surface area contributed by atoms with E-state index < -0.39 is 5.97 Å². The quantitative estimate of drug-likeness (QED) is 0.848. The van der Waals surface area contributed by atoms with Gasteiger partial charge in [-0.3, -0.25) is 0 Å². The Kier molecular flexibility index (Phi) is 3.16. The van der Waals surface area contributed by atoms with Crippen LogP contribution in [-0.4, -0.2) is 21.3 Å². The number of carboxylic acids is 1.